The van der Waals surface area contributed by atoms with Crippen molar-refractivity contribution in [2.45, 2.75) is 51.0 Å². The minimum absolute atomic E-state index is 0.307. The van der Waals surface area contributed by atoms with Crippen molar-refractivity contribution in [3.8, 4) is 0 Å². The van der Waals surface area contributed by atoms with Crippen LogP contribution in [0.1, 0.15) is 44.2 Å². The second-order valence-corrected chi connectivity index (χ2v) is 8.86. The zero-order chi connectivity index (χ0) is 19.4. The summed E-state index contributed by atoms with van der Waals surface area (Å²) in [6, 6.07) is 11.1. The molecule has 0 aliphatic heterocycles. The van der Waals surface area contributed by atoms with Crippen molar-refractivity contribution >= 4 is 21.1 Å². The summed E-state index contributed by atoms with van der Waals surface area (Å²) >= 11 is 0. The summed E-state index contributed by atoms with van der Waals surface area (Å²) in [4.78, 5) is 4.78. The topological polar surface area (TPSA) is 64.0 Å². The molecule has 0 saturated carbocycles. The van der Waals surface area contributed by atoms with Crippen LogP contribution in [0.5, 0.6) is 0 Å². The number of benzene rings is 1. The molecule has 0 atom stereocenters. The highest BCUT2D eigenvalue weighted by Crippen LogP contribution is 2.21. The van der Waals surface area contributed by atoms with Gasteiger partial charge in [-0.2, -0.15) is 0 Å². The number of sulfonamides is 1. The normalized spacial score (nSPS) is 12.1. The van der Waals surface area contributed by atoms with Gasteiger partial charge in [0.1, 0.15) is 5.65 Å². The molecular formula is C21H27N3O2S. The first-order valence-electron chi connectivity index (χ1n) is 9.44. The molecule has 3 rings (SSSR count). The largest absolute Gasteiger partial charge is 0.332 e. The zero-order valence-corrected chi connectivity index (χ0v) is 17.0. The molecule has 5 nitrogen and oxygen atoms in total. The maximum absolute atomic E-state index is 12.5. The van der Waals surface area contributed by atoms with E-state index < -0.39 is 10.0 Å². The number of rotatable bonds is 8. The van der Waals surface area contributed by atoms with Crippen LogP contribution in [0.2, 0.25) is 0 Å². The van der Waals surface area contributed by atoms with Crippen LogP contribution < -0.4 is 4.72 Å². The maximum Gasteiger partial charge on any atom is 0.240 e. The summed E-state index contributed by atoms with van der Waals surface area (Å²) in [5.74, 6) is 0.378. The highest BCUT2D eigenvalue weighted by atomic mass is 32.2. The van der Waals surface area contributed by atoms with Crippen LogP contribution in [0.25, 0.3) is 11.0 Å². The molecule has 0 aliphatic rings. The van der Waals surface area contributed by atoms with Crippen LogP contribution in [0.15, 0.2) is 53.7 Å². The molecule has 0 radical (unpaired) electrons. The number of fused-ring (bicyclic) bond motifs is 1. The lowest BCUT2D eigenvalue weighted by atomic mass is 10.0. The van der Waals surface area contributed by atoms with E-state index in [1.54, 1.807) is 18.3 Å². The van der Waals surface area contributed by atoms with E-state index in [1.807, 2.05) is 24.3 Å². The fourth-order valence-corrected chi connectivity index (χ4v) is 4.27. The van der Waals surface area contributed by atoms with Crippen LogP contribution in [0.4, 0.5) is 0 Å². The summed E-state index contributed by atoms with van der Waals surface area (Å²) < 4.78 is 30.0. The Labute approximate surface area is 161 Å². The van der Waals surface area contributed by atoms with E-state index in [0.717, 1.165) is 35.1 Å². The molecule has 0 bridgehead atoms. The smallest absolute Gasteiger partial charge is 0.240 e. The molecule has 3 aromatic rings. The first-order valence-corrected chi connectivity index (χ1v) is 10.9. The Kier molecular flexibility index (Phi) is 5.97. The number of pyridine rings is 1. The Morgan fingerprint density at radius 2 is 1.89 bits per heavy atom. The van der Waals surface area contributed by atoms with E-state index >= 15 is 0 Å². The van der Waals surface area contributed by atoms with Gasteiger partial charge < -0.3 is 4.57 Å². The number of hydrogen-bond acceptors (Lipinski definition) is 3. The molecule has 0 unspecified atom stereocenters. The molecule has 1 aromatic carbocycles. The standard InChI is InChI=1S/C21H27N3O2S/c1-4-14-24-15-18(20-6-5-12-22-21(20)24)11-13-23-27(25,26)19-9-7-17(8-10-19)16(2)3/h5-10,12,15-16,23H,4,11,13-14H2,1-3H3. The Balaban J connectivity index is 1.71. The molecule has 0 amide bonds. The lowest BCUT2D eigenvalue weighted by molar-refractivity contribution is 0.581. The summed E-state index contributed by atoms with van der Waals surface area (Å²) in [5, 5.41) is 1.09. The van der Waals surface area contributed by atoms with Crippen LogP contribution >= 0.6 is 0 Å². The Bertz CT molecular complexity index is 1010. The fraction of sp³-hybridized carbons (Fsp3) is 0.381. The first-order chi connectivity index (χ1) is 12.9. The van der Waals surface area contributed by atoms with Crippen molar-refractivity contribution in [1.29, 1.82) is 0 Å². The second kappa shape index (κ2) is 8.23. The molecule has 27 heavy (non-hydrogen) atoms. The van der Waals surface area contributed by atoms with Gasteiger partial charge in [-0.05, 0) is 54.2 Å². The average molecular weight is 386 g/mol. The summed E-state index contributed by atoms with van der Waals surface area (Å²) in [6.07, 6.45) is 5.54. The number of nitrogens with one attached hydrogen (secondary N) is 1. The molecule has 0 aliphatic carbocycles. The van der Waals surface area contributed by atoms with Gasteiger partial charge in [0.25, 0.3) is 0 Å². The van der Waals surface area contributed by atoms with Crippen molar-refractivity contribution in [1.82, 2.24) is 14.3 Å². The summed E-state index contributed by atoms with van der Waals surface area (Å²) in [5.41, 5.74) is 3.20. The van der Waals surface area contributed by atoms with Gasteiger partial charge in [-0.1, -0.05) is 32.9 Å². The van der Waals surface area contributed by atoms with Gasteiger partial charge >= 0.3 is 0 Å². The van der Waals surface area contributed by atoms with Crippen LogP contribution in [0, 0.1) is 0 Å². The summed E-state index contributed by atoms with van der Waals surface area (Å²) in [7, 11) is -3.50. The molecular weight excluding hydrogens is 358 g/mol. The van der Waals surface area contributed by atoms with Crippen LogP contribution in [-0.4, -0.2) is 24.5 Å². The summed E-state index contributed by atoms with van der Waals surface area (Å²) in [6.45, 7) is 7.57. The van der Waals surface area contributed by atoms with E-state index in [4.69, 9.17) is 0 Å². The molecule has 0 saturated heterocycles. The monoisotopic (exact) mass is 385 g/mol. The molecule has 144 valence electrons. The van der Waals surface area contributed by atoms with E-state index in [1.165, 1.54) is 0 Å². The minimum atomic E-state index is -3.50. The molecule has 6 heteroatoms. The SMILES string of the molecule is CCCn1cc(CCNS(=O)(=O)c2ccc(C(C)C)cc2)c2cccnc21. The van der Waals surface area contributed by atoms with Gasteiger partial charge in [0.15, 0.2) is 0 Å². The fourth-order valence-electron chi connectivity index (χ4n) is 3.24. The second-order valence-electron chi connectivity index (χ2n) is 7.09. The Hall–Kier alpha value is -2.18. The first kappa shape index (κ1) is 19.6. The molecule has 1 N–H and O–H groups in total. The van der Waals surface area contributed by atoms with Gasteiger partial charge in [-0.25, -0.2) is 18.1 Å². The van der Waals surface area contributed by atoms with Crippen molar-refractivity contribution in [2.24, 2.45) is 0 Å². The highest BCUT2D eigenvalue weighted by Gasteiger charge is 2.15. The number of nitrogens with zero attached hydrogens (tertiary/aromatic N) is 2. The predicted octanol–water partition coefficient (Wildman–Crippen LogP) is 4.09. The molecule has 0 spiro atoms. The third-order valence-electron chi connectivity index (χ3n) is 4.72. The quantitative estimate of drug-likeness (QED) is 0.635. The molecule has 0 fully saturated rings. The predicted molar refractivity (Wildman–Crippen MR) is 109 cm³/mol. The lowest BCUT2D eigenvalue weighted by Gasteiger charge is -2.09. The third kappa shape index (κ3) is 4.39. The van der Waals surface area contributed by atoms with Crippen LogP contribution in [-0.2, 0) is 23.0 Å². The van der Waals surface area contributed by atoms with E-state index in [2.05, 4.69) is 41.2 Å². The van der Waals surface area contributed by atoms with E-state index in [-0.39, 0.29) is 0 Å². The number of aryl methyl sites for hydroxylation is 1. The van der Waals surface area contributed by atoms with Gasteiger partial charge in [-0.15, -0.1) is 0 Å². The van der Waals surface area contributed by atoms with Gasteiger partial charge in [0.05, 0.1) is 4.90 Å². The Morgan fingerprint density at radius 1 is 1.15 bits per heavy atom. The van der Waals surface area contributed by atoms with Crippen molar-refractivity contribution in [3.63, 3.8) is 0 Å². The lowest BCUT2D eigenvalue weighted by Crippen LogP contribution is -2.26. The minimum Gasteiger partial charge on any atom is -0.332 e. The number of aromatic nitrogens is 2. The molecule has 2 heterocycles. The van der Waals surface area contributed by atoms with Gasteiger partial charge in [0.2, 0.25) is 10.0 Å². The van der Waals surface area contributed by atoms with Crippen molar-refractivity contribution < 1.29 is 8.42 Å². The van der Waals surface area contributed by atoms with Crippen LogP contribution in [0.3, 0.4) is 0 Å². The van der Waals surface area contributed by atoms with Crippen molar-refractivity contribution in [3.05, 3.63) is 59.9 Å². The third-order valence-corrected chi connectivity index (χ3v) is 6.20. The average Bonchev–Trinajstić information content (AvgIpc) is 3.00. The maximum atomic E-state index is 12.5. The molecule has 2 aromatic heterocycles. The highest BCUT2D eigenvalue weighted by molar-refractivity contribution is 7.89. The zero-order valence-electron chi connectivity index (χ0n) is 16.1. The van der Waals surface area contributed by atoms with Crippen molar-refractivity contribution in [2.75, 3.05) is 6.54 Å². The van der Waals surface area contributed by atoms with E-state index in [9.17, 15) is 8.42 Å². The van der Waals surface area contributed by atoms with E-state index in [0.29, 0.717) is 23.8 Å². The van der Waals surface area contributed by atoms with Gasteiger partial charge in [-0.3, -0.25) is 0 Å². The number of hydrogen-bond donors (Lipinski definition) is 1. The van der Waals surface area contributed by atoms with Gasteiger partial charge in [0, 0.05) is 30.9 Å². The Morgan fingerprint density at radius 3 is 2.56 bits per heavy atom.